The number of hydrogen-bond donors (Lipinski definition) is 1. The lowest BCUT2D eigenvalue weighted by molar-refractivity contribution is -0.0192. The largest absolute Gasteiger partial charge is 0.372 e. The second kappa shape index (κ2) is 6.61. The maximum Gasteiger partial charge on any atom is 0.0631 e. The summed E-state index contributed by atoms with van der Waals surface area (Å²) in [6, 6.07) is 0.708. The molecule has 1 aliphatic heterocycles. The highest BCUT2D eigenvalue weighted by atomic mass is 16.5. The van der Waals surface area contributed by atoms with Crippen molar-refractivity contribution in [1.29, 1.82) is 0 Å². The molecule has 0 aromatic rings. The van der Waals surface area contributed by atoms with E-state index in [2.05, 4.69) is 33.1 Å². The molecule has 1 rings (SSSR count). The normalized spacial score (nSPS) is 25.9. The maximum atomic E-state index is 6.00. The first-order chi connectivity index (χ1) is 7.57. The highest BCUT2D eigenvalue weighted by Crippen LogP contribution is 2.31. The van der Waals surface area contributed by atoms with Gasteiger partial charge in [-0.3, -0.25) is 0 Å². The molecule has 0 radical (unpaired) electrons. The molecule has 0 aliphatic carbocycles. The Bertz CT molecular complexity index is 191. The smallest absolute Gasteiger partial charge is 0.0631 e. The van der Waals surface area contributed by atoms with Gasteiger partial charge >= 0.3 is 0 Å². The Morgan fingerprint density at radius 2 is 2.12 bits per heavy atom. The highest BCUT2D eigenvalue weighted by Gasteiger charge is 2.30. The fourth-order valence-corrected chi connectivity index (χ4v) is 2.65. The van der Waals surface area contributed by atoms with Crippen molar-refractivity contribution in [2.24, 2.45) is 0 Å². The molecular formula is C14H29NO. The summed E-state index contributed by atoms with van der Waals surface area (Å²) >= 11 is 0. The summed E-state index contributed by atoms with van der Waals surface area (Å²) in [4.78, 5) is 0. The molecular weight excluding hydrogens is 198 g/mol. The number of ether oxygens (including phenoxy) is 1. The molecule has 0 aromatic carbocycles. The van der Waals surface area contributed by atoms with E-state index >= 15 is 0 Å². The Hall–Kier alpha value is -0.0800. The molecule has 2 nitrogen and oxygen atoms in total. The van der Waals surface area contributed by atoms with Crippen molar-refractivity contribution >= 4 is 0 Å². The molecule has 0 amide bonds. The minimum absolute atomic E-state index is 0.135. The second-order valence-electron chi connectivity index (χ2n) is 5.74. The summed E-state index contributed by atoms with van der Waals surface area (Å²) in [5.41, 5.74) is 0.135. The Kier molecular flexibility index (Phi) is 5.77. The van der Waals surface area contributed by atoms with Crippen molar-refractivity contribution in [1.82, 2.24) is 5.32 Å². The first-order valence-corrected chi connectivity index (χ1v) is 6.92. The first-order valence-electron chi connectivity index (χ1n) is 6.92. The summed E-state index contributed by atoms with van der Waals surface area (Å²) in [6.45, 7) is 6.67. The van der Waals surface area contributed by atoms with Crippen molar-refractivity contribution in [3.05, 3.63) is 0 Å². The highest BCUT2D eigenvalue weighted by molar-refractivity contribution is 4.81. The molecule has 1 fully saturated rings. The van der Waals surface area contributed by atoms with Gasteiger partial charge in [0.25, 0.3) is 0 Å². The Balaban J connectivity index is 2.11. The zero-order chi connectivity index (χ0) is 12.0. The lowest BCUT2D eigenvalue weighted by atomic mass is 10.0. The fraction of sp³-hybridized carbons (Fsp3) is 1.00. The lowest BCUT2D eigenvalue weighted by Gasteiger charge is -2.20. The topological polar surface area (TPSA) is 21.3 Å². The molecule has 2 atom stereocenters. The standard InChI is InChI=1S/C14H29NO/c1-5-7-12(15-4)8-6-9-13-10-11-14(2,3)16-13/h12-13,15H,5-11H2,1-4H3. The van der Waals surface area contributed by atoms with E-state index in [0.717, 1.165) is 0 Å². The van der Waals surface area contributed by atoms with Crippen LogP contribution in [0.3, 0.4) is 0 Å². The van der Waals surface area contributed by atoms with E-state index in [4.69, 9.17) is 4.74 Å². The Morgan fingerprint density at radius 1 is 1.38 bits per heavy atom. The minimum Gasteiger partial charge on any atom is -0.372 e. The quantitative estimate of drug-likeness (QED) is 0.718. The molecule has 16 heavy (non-hydrogen) atoms. The third kappa shape index (κ3) is 4.84. The van der Waals surface area contributed by atoms with Crippen molar-refractivity contribution < 1.29 is 4.74 Å². The number of rotatable bonds is 7. The number of nitrogens with one attached hydrogen (secondary N) is 1. The van der Waals surface area contributed by atoms with Gasteiger partial charge in [0.2, 0.25) is 0 Å². The van der Waals surface area contributed by atoms with E-state index < -0.39 is 0 Å². The number of hydrogen-bond acceptors (Lipinski definition) is 2. The summed E-state index contributed by atoms with van der Waals surface area (Å²) in [5, 5.41) is 3.40. The molecule has 0 bridgehead atoms. The van der Waals surface area contributed by atoms with Crippen LogP contribution in [0, 0.1) is 0 Å². The molecule has 0 saturated carbocycles. The van der Waals surface area contributed by atoms with Crippen molar-refractivity contribution in [3.8, 4) is 0 Å². The van der Waals surface area contributed by atoms with Crippen LogP contribution in [0.1, 0.15) is 65.7 Å². The molecule has 1 aliphatic rings. The SMILES string of the molecule is CCCC(CCCC1CCC(C)(C)O1)NC. The summed E-state index contributed by atoms with van der Waals surface area (Å²) < 4.78 is 6.00. The average molecular weight is 227 g/mol. The molecule has 2 unspecified atom stereocenters. The first kappa shape index (κ1) is 14.0. The minimum atomic E-state index is 0.135. The van der Waals surface area contributed by atoms with E-state index in [-0.39, 0.29) is 5.60 Å². The second-order valence-corrected chi connectivity index (χ2v) is 5.74. The van der Waals surface area contributed by atoms with Crippen molar-refractivity contribution in [2.45, 2.75) is 83.5 Å². The third-order valence-corrected chi connectivity index (χ3v) is 3.68. The van der Waals surface area contributed by atoms with Crippen molar-refractivity contribution in [2.75, 3.05) is 7.05 Å². The van der Waals surface area contributed by atoms with Crippen molar-refractivity contribution in [3.63, 3.8) is 0 Å². The van der Waals surface area contributed by atoms with E-state index in [1.54, 1.807) is 0 Å². The van der Waals surface area contributed by atoms with Gasteiger partial charge in [-0.1, -0.05) is 13.3 Å². The zero-order valence-electron chi connectivity index (χ0n) is 11.5. The molecule has 1 saturated heterocycles. The van der Waals surface area contributed by atoms with Gasteiger partial charge < -0.3 is 10.1 Å². The van der Waals surface area contributed by atoms with Crippen LogP contribution in [-0.4, -0.2) is 24.8 Å². The van der Waals surface area contributed by atoms with Gasteiger partial charge in [0.15, 0.2) is 0 Å². The van der Waals surface area contributed by atoms with Gasteiger partial charge in [0, 0.05) is 6.04 Å². The predicted molar refractivity (Wildman–Crippen MR) is 69.8 cm³/mol. The van der Waals surface area contributed by atoms with Crippen LogP contribution >= 0.6 is 0 Å². The maximum absolute atomic E-state index is 6.00. The van der Waals surface area contributed by atoms with Gasteiger partial charge in [-0.25, -0.2) is 0 Å². The third-order valence-electron chi connectivity index (χ3n) is 3.68. The Labute approximate surface area is 101 Å². The van der Waals surface area contributed by atoms with Crippen LogP contribution in [0.5, 0.6) is 0 Å². The van der Waals surface area contributed by atoms with Gasteiger partial charge in [0.1, 0.15) is 0 Å². The molecule has 0 aromatic heterocycles. The van der Waals surface area contributed by atoms with Crippen LogP contribution in [-0.2, 0) is 4.74 Å². The fourth-order valence-electron chi connectivity index (χ4n) is 2.65. The van der Waals surface area contributed by atoms with Crippen LogP contribution in [0.4, 0.5) is 0 Å². The molecule has 0 spiro atoms. The molecule has 1 N–H and O–H groups in total. The summed E-state index contributed by atoms with van der Waals surface area (Å²) in [6.07, 6.45) is 9.41. The van der Waals surface area contributed by atoms with Gasteiger partial charge in [0.05, 0.1) is 11.7 Å². The Morgan fingerprint density at radius 3 is 2.62 bits per heavy atom. The van der Waals surface area contributed by atoms with E-state index in [1.807, 2.05) is 0 Å². The molecule has 1 heterocycles. The monoisotopic (exact) mass is 227 g/mol. The van der Waals surface area contributed by atoms with Crippen LogP contribution in [0.15, 0.2) is 0 Å². The van der Waals surface area contributed by atoms with E-state index in [1.165, 1.54) is 44.9 Å². The van der Waals surface area contributed by atoms with E-state index in [9.17, 15) is 0 Å². The summed E-state index contributed by atoms with van der Waals surface area (Å²) in [5.74, 6) is 0. The molecule has 2 heteroatoms. The van der Waals surface area contributed by atoms with E-state index in [0.29, 0.717) is 12.1 Å². The van der Waals surface area contributed by atoms with Gasteiger partial charge in [-0.15, -0.1) is 0 Å². The predicted octanol–water partition coefficient (Wildman–Crippen LogP) is 3.50. The van der Waals surface area contributed by atoms with Gasteiger partial charge in [-0.2, -0.15) is 0 Å². The average Bonchev–Trinajstić information content (AvgIpc) is 2.57. The molecule has 96 valence electrons. The van der Waals surface area contributed by atoms with Crippen LogP contribution in [0.25, 0.3) is 0 Å². The van der Waals surface area contributed by atoms with Crippen LogP contribution in [0.2, 0.25) is 0 Å². The lowest BCUT2D eigenvalue weighted by Crippen LogP contribution is -2.25. The van der Waals surface area contributed by atoms with Crippen LogP contribution < -0.4 is 5.32 Å². The zero-order valence-corrected chi connectivity index (χ0v) is 11.5. The summed E-state index contributed by atoms with van der Waals surface area (Å²) in [7, 11) is 2.08. The van der Waals surface area contributed by atoms with Gasteiger partial charge in [-0.05, 0) is 59.4 Å².